The molecule has 0 aromatic heterocycles. The molecule has 4 nitrogen and oxygen atoms in total. The van der Waals surface area contributed by atoms with Crippen molar-refractivity contribution in [2.45, 2.75) is 25.3 Å². The average Bonchev–Trinajstić information content (AvgIpc) is 2.42. The number of methoxy groups -OCH3 is 2. The quantitative estimate of drug-likeness (QED) is 0.333. The first-order chi connectivity index (χ1) is 9.17. The first kappa shape index (κ1) is 15.8. The van der Waals surface area contributed by atoms with Crippen molar-refractivity contribution in [1.29, 1.82) is 0 Å². The Balaban J connectivity index is 2.97. The minimum absolute atomic E-state index is 0.0252. The molecule has 106 valence electrons. The Morgan fingerprint density at radius 3 is 2.68 bits per heavy atom. The van der Waals surface area contributed by atoms with Gasteiger partial charge < -0.3 is 9.47 Å². The molecule has 1 aromatic carbocycles. The van der Waals surface area contributed by atoms with Crippen LogP contribution in [0, 0.1) is 0 Å². The average molecular weight is 285 g/mol. The highest BCUT2D eigenvalue weighted by Gasteiger charge is 2.16. The lowest BCUT2D eigenvalue weighted by molar-refractivity contribution is 0.353. The summed E-state index contributed by atoms with van der Waals surface area (Å²) in [6, 6.07) is 3.77. The summed E-state index contributed by atoms with van der Waals surface area (Å²) in [4.78, 5) is 0. The zero-order valence-electron chi connectivity index (χ0n) is 11.4. The van der Waals surface area contributed by atoms with Gasteiger partial charge in [0, 0.05) is 6.04 Å². The lowest BCUT2D eigenvalue weighted by Crippen LogP contribution is -2.28. The summed E-state index contributed by atoms with van der Waals surface area (Å²) in [6.45, 7) is 3.71. The van der Waals surface area contributed by atoms with Gasteiger partial charge in [0.1, 0.15) is 0 Å². The highest BCUT2D eigenvalue weighted by Crippen LogP contribution is 2.38. The Hall–Kier alpha value is -1.23. The maximum atomic E-state index is 6.19. The molecule has 1 rings (SSSR count). The molecule has 1 aromatic rings. The third-order valence-electron chi connectivity index (χ3n) is 2.96. The second kappa shape index (κ2) is 8.04. The number of hydrazine groups is 1. The van der Waals surface area contributed by atoms with E-state index in [1.54, 1.807) is 14.2 Å². The number of allylic oxidation sites excluding steroid dienone is 1. The van der Waals surface area contributed by atoms with Crippen LogP contribution < -0.4 is 20.7 Å². The number of rotatable bonds is 8. The molecule has 1 unspecified atom stereocenters. The summed E-state index contributed by atoms with van der Waals surface area (Å²) >= 11 is 6.19. The molecular weight excluding hydrogens is 264 g/mol. The number of benzene rings is 1. The highest BCUT2D eigenvalue weighted by atomic mass is 35.5. The first-order valence-electron chi connectivity index (χ1n) is 6.16. The molecule has 3 N–H and O–H groups in total. The summed E-state index contributed by atoms with van der Waals surface area (Å²) in [5.74, 6) is 6.75. The number of ether oxygens (including phenoxy) is 2. The van der Waals surface area contributed by atoms with Crippen molar-refractivity contribution in [3.05, 3.63) is 35.4 Å². The molecule has 0 spiro atoms. The third kappa shape index (κ3) is 4.13. The van der Waals surface area contributed by atoms with Crippen LogP contribution in [0.25, 0.3) is 0 Å². The minimum atomic E-state index is 0.0252. The van der Waals surface area contributed by atoms with Gasteiger partial charge in [0.2, 0.25) is 0 Å². The maximum Gasteiger partial charge on any atom is 0.179 e. The Morgan fingerprint density at radius 1 is 1.42 bits per heavy atom. The van der Waals surface area contributed by atoms with Crippen LogP contribution in [0.3, 0.4) is 0 Å². The molecular formula is C14H21ClN2O2. The van der Waals surface area contributed by atoms with E-state index in [4.69, 9.17) is 26.9 Å². The van der Waals surface area contributed by atoms with Crippen molar-refractivity contribution in [3.8, 4) is 11.5 Å². The van der Waals surface area contributed by atoms with Crippen molar-refractivity contribution in [2.75, 3.05) is 14.2 Å². The summed E-state index contributed by atoms with van der Waals surface area (Å²) in [5.41, 5.74) is 3.78. The van der Waals surface area contributed by atoms with Crippen molar-refractivity contribution >= 4 is 11.6 Å². The molecule has 1 atom stereocenters. The van der Waals surface area contributed by atoms with Gasteiger partial charge in [0.05, 0.1) is 19.2 Å². The molecule has 5 heteroatoms. The number of hydrogen-bond donors (Lipinski definition) is 2. The predicted octanol–water partition coefficient (Wildman–Crippen LogP) is 3.22. The van der Waals surface area contributed by atoms with Crippen molar-refractivity contribution < 1.29 is 9.47 Å². The maximum absolute atomic E-state index is 6.19. The molecule has 0 bridgehead atoms. The second-order valence-corrected chi connectivity index (χ2v) is 4.58. The Labute approximate surface area is 119 Å². The van der Waals surface area contributed by atoms with Crippen LogP contribution >= 0.6 is 11.6 Å². The van der Waals surface area contributed by atoms with Crippen molar-refractivity contribution in [2.24, 2.45) is 5.84 Å². The van der Waals surface area contributed by atoms with E-state index in [1.165, 1.54) is 0 Å². The summed E-state index contributed by atoms with van der Waals surface area (Å²) in [5, 5.41) is 0.515. The van der Waals surface area contributed by atoms with Crippen LogP contribution in [-0.4, -0.2) is 14.2 Å². The van der Waals surface area contributed by atoms with E-state index in [9.17, 15) is 0 Å². The fourth-order valence-electron chi connectivity index (χ4n) is 1.95. The van der Waals surface area contributed by atoms with E-state index in [-0.39, 0.29) is 6.04 Å². The molecule has 0 amide bonds. The predicted molar refractivity (Wildman–Crippen MR) is 78.7 cm³/mol. The fraction of sp³-hybridized carbons (Fsp3) is 0.429. The van der Waals surface area contributed by atoms with Crippen molar-refractivity contribution in [1.82, 2.24) is 5.43 Å². The fourth-order valence-corrected chi connectivity index (χ4v) is 2.25. The van der Waals surface area contributed by atoms with Crippen molar-refractivity contribution in [3.63, 3.8) is 0 Å². The number of nitrogens with two attached hydrogens (primary N) is 1. The molecule has 0 aliphatic heterocycles. The summed E-state index contributed by atoms with van der Waals surface area (Å²) < 4.78 is 10.5. The highest BCUT2D eigenvalue weighted by molar-refractivity contribution is 6.32. The number of unbranched alkanes of at least 4 members (excludes halogenated alkanes) is 1. The van der Waals surface area contributed by atoms with E-state index >= 15 is 0 Å². The van der Waals surface area contributed by atoms with E-state index in [2.05, 4.69) is 12.0 Å². The molecule has 0 radical (unpaired) electrons. The lowest BCUT2D eigenvalue weighted by atomic mass is 10.0. The summed E-state index contributed by atoms with van der Waals surface area (Å²) in [7, 11) is 3.15. The monoisotopic (exact) mass is 284 g/mol. The Morgan fingerprint density at radius 2 is 2.16 bits per heavy atom. The molecule has 0 saturated carbocycles. The topological polar surface area (TPSA) is 56.5 Å². The van der Waals surface area contributed by atoms with Crippen LogP contribution in [-0.2, 0) is 0 Å². The van der Waals surface area contributed by atoms with Gasteiger partial charge in [-0.1, -0.05) is 17.7 Å². The standard InChI is InChI=1S/C14H21ClN2O2/c1-4-5-6-7-12(17-16)10-8-11(15)14(19-3)13(9-10)18-2/h4,8-9,12,17H,1,5-7,16H2,2-3H3. The number of nitrogens with one attached hydrogen (secondary N) is 1. The van der Waals surface area contributed by atoms with Gasteiger partial charge in [-0.15, -0.1) is 6.58 Å². The van der Waals surface area contributed by atoms with Crippen LogP contribution in [0.5, 0.6) is 11.5 Å². The normalized spacial score (nSPS) is 12.0. The molecule has 0 aliphatic rings. The van der Waals surface area contributed by atoms with E-state index in [0.29, 0.717) is 16.5 Å². The van der Waals surface area contributed by atoms with Crippen LogP contribution in [0.1, 0.15) is 30.9 Å². The van der Waals surface area contributed by atoms with E-state index in [0.717, 1.165) is 24.8 Å². The zero-order valence-corrected chi connectivity index (χ0v) is 12.2. The van der Waals surface area contributed by atoms with Gasteiger partial charge in [0.25, 0.3) is 0 Å². The Bertz CT molecular complexity index is 424. The molecule has 0 heterocycles. The number of halogens is 1. The molecule has 19 heavy (non-hydrogen) atoms. The molecule has 0 aliphatic carbocycles. The molecule has 0 fully saturated rings. The van der Waals surface area contributed by atoms with E-state index < -0.39 is 0 Å². The van der Waals surface area contributed by atoms with Gasteiger partial charge in [-0.05, 0) is 37.0 Å². The minimum Gasteiger partial charge on any atom is -0.493 e. The van der Waals surface area contributed by atoms with Gasteiger partial charge in [-0.2, -0.15) is 0 Å². The SMILES string of the molecule is C=CCCCC(NN)c1cc(Cl)c(OC)c(OC)c1. The third-order valence-corrected chi connectivity index (χ3v) is 3.24. The lowest BCUT2D eigenvalue weighted by Gasteiger charge is -2.19. The van der Waals surface area contributed by atoms with Gasteiger partial charge in [0.15, 0.2) is 11.5 Å². The zero-order chi connectivity index (χ0) is 14.3. The smallest absolute Gasteiger partial charge is 0.179 e. The van der Waals surface area contributed by atoms with Gasteiger partial charge in [-0.3, -0.25) is 11.3 Å². The van der Waals surface area contributed by atoms with E-state index in [1.807, 2.05) is 18.2 Å². The number of hydrogen-bond acceptors (Lipinski definition) is 4. The van der Waals surface area contributed by atoms with Crippen LogP contribution in [0.2, 0.25) is 5.02 Å². The van der Waals surface area contributed by atoms with Gasteiger partial charge in [-0.25, -0.2) is 0 Å². The summed E-state index contributed by atoms with van der Waals surface area (Å²) in [6.07, 6.45) is 4.76. The molecule has 0 saturated heterocycles. The van der Waals surface area contributed by atoms with Crippen LogP contribution in [0.15, 0.2) is 24.8 Å². The second-order valence-electron chi connectivity index (χ2n) is 4.18. The largest absolute Gasteiger partial charge is 0.493 e. The first-order valence-corrected chi connectivity index (χ1v) is 6.54. The van der Waals surface area contributed by atoms with Gasteiger partial charge >= 0.3 is 0 Å². The van der Waals surface area contributed by atoms with Crippen LogP contribution in [0.4, 0.5) is 0 Å². The Kier molecular flexibility index (Phi) is 6.70.